The molecule has 2 aliphatic rings. The van der Waals surface area contributed by atoms with Crippen molar-refractivity contribution in [1.29, 1.82) is 0 Å². The Balaban J connectivity index is 1.72. The zero-order valence-electron chi connectivity index (χ0n) is 11.3. The maximum absolute atomic E-state index is 12.2. The van der Waals surface area contributed by atoms with Crippen LogP contribution in [-0.2, 0) is 4.79 Å². The van der Waals surface area contributed by atoms with Crippen molar-refractivity contribution in [3.05, 3.63) is 0 Å². The van der Waals surface area contributed by atoms with E-state index in [1.165, 1.54) is 51.4 Å². The van der Waals surface area contributed by atoms with E-state index in [0.717, 1.165) is 24.7 Å². The van der Waals surface area contributed by atoms with Crippen LogP contribution in [0.2, 0.25) is 0 Å². The smallest absolute Gasteiger partial charge is 0.223 e. The zero-order valence-corrected chi connectivity index (χ0v) is 12.9. The molecule has 0 spiro atoms. The summed E-state index contributed by atoms with van der Waals surface area (Å²) in [6.07, 6.45) is 12.5. The van der Waals surface area contributed by atoms with Crippen LogP contribution < -0.4 is 5.32 Å². The van der Waals surface area contributed by atoms with Crippen molar-refractivity contribution < 1.29 is 4.79 Å². The Bertz CT molecular complexity index is 268. The van der Waals surface area contributed by atoms with E-state index in [9.17, 15) is 4.79 Å². The average Bonchev–Trinajstić information content (AvgIpc) is 3.07. The molecule has 0 atom stereocenters. The lowest BCUT2D eigenvalue weighted by Gasteiger charge is -2.21. The van der Waals surface area contributed by atoms with Gasteiger partial charge in [-0.3, -0.25) is 4.79 Å². The minimum atomic E-state index is 0.296. The zero-order chi connectivity index (χ0) is 12.8. The first kappa shape index (κ1) is 14.4. The van der Waals surface area contributed by atoms with Crippen molar-refractivity contribution in [2.24, 2.45) is 11.3 Å². The molecule has 1 N–H and O–H groups in total. The molecule has 2 saturated carbocycles. The number of rotatable bonds is 5. The SMILES string of the molecule is O=C(NCC1(CCBr)CC1)C1CCCCCCC1. The Morgan fingerprint density at radius 1 is 1.11 bits per heavy atom. The third-order valence-electron chi connectivity index (χ3n) is 4.70. The number of hydrogen-bond acceptors (Lipinski definition) is 1. The van der Waals surface area contributed by atoms with Crippen LogP contribution in [0.4, 0.5) is 0 Å². The summed E-state index contributed by atoms with van der Waals surface area (Å²) in [6.45, 7) is 0.911. The van der Waals surface area contributed by atoms with Crippen LogP contribution in [-0.4, -0.2) is 17.8 Å². The fraction of sp³-hybridized carbons (Fsp3) is 0.933. The van der Waals surface area contributed by atoms with E-state index < -0.39 is 0 Å². The molecule has 0 saturated heterocycles. The number of amides is 1. The lowest BCUT2D eigenvalue weighted by molar-refractivity contribution is -0.125. The first-order valence-corrected chi connectivity index (χ1v) is 8.72. The van der Waals surface area contributed by atoms with Gasteiger partial charge in [-0.05, 0) is 37.5 Å². The lowest BCUT2D eigenvalue weighted by atomic mass is 9.90. The molecule has 0 unspecified atom stereocenters. The van der Waals surface area contributed by atoms with E-state index in [1.807, 2.05) is 0 Å². The molecule has 0 aromatic rings. The van der Waals surface area contributed by atoms with E-state index in [4.69, 9.17) is 0 Å². The van der Waals surface area contributed by atoms with Gasteiger partial charge in [0, 0.05) is 17.8 Å². The third-order valence-corrected chi connectivity index (χ3v) is 5.09. The Hall–Kier alpha value is -0.0500. The second kappa shape index (κ2) is 6.93. The number of carbonyl (C=O) groups excluding carboxylic acids is 1. The molecule has 0 aromatic carbocycles. The summed E-state index contributed by atoms with van der Waals surface area (Å²) in [5, 5.41) is 4.29. The van der Waals surface area contributed by atoms with E-state index in [2.05, 4.69) is 21.2 Å². The van der Waals surface area contributed by atoms with Crippen LogP contribution in [0.3, 0.4) is 0 Å². The molecule has 18 heavy (non-hydrogen) atoms. The Morgan fingerprint density at radius 3 is 2.28 bits per heavy atom. The van der Waals surface area contributed by atoms with Crippen LogP contribution in [0, 0.1) is 11.3 Å². The first-order chi connectivity index (χ1) is 8.76. The van der Waals surface area contributed by atoms with Gasteiger partial charge in [-0.1, -0.05) is 48.0 Å². The van der Waals surface area contributed by atoms with Crippen molar-refractivity contribution in [3.8, 4) is 0 Å². The van der Waals surface area contributed by atoms with Crippen molar-refractivity contribution in [3.63, 3.8) is 0 Å². The number of halogens is 1. The van der Waals surface area contributed by atoms with E-state index in [-0.39, 0.29) is 0 Å². The Morgan fingerprint density at radius 2 is 1.72 bits per heavy atom. The Labute approximate surface area is 119 Å². The summed E-state index contributed by atoms with van der Waals surface area (Å²) in [6, 6.07) is 0. The third kappa shape index (κ3) is 4.25. The molecule has 2 aliphatic carbocycles. The summed E-state index contributed by atoms with van der Waals surface area (Å²) in [5.74, 6) is 0.628. The summed E-state index contributed by atoms with van der Waals surface area (Å²) in [5.41, 5.74) is 0.445. The predicted molar refractivity (Wildman–Crippen MR) is 78.9 cm³/mol. The lowest BCUT2D eigenvalue weighted by Crippen LogP contribution is -2.35. The molecule has 1 amide bonds. The highest BCUT2D eigenvalue weighted by Crippen LogP contribution is 2.48. The molecule has 0 aliphatic heterocycles. The van der Waals surface area contributed by atoms with Crippen molar-refractivity contribution in [1.82, 2.24) is 5.32 Å². The molecule has 104 valence electrons. The van der Waals surface area contributed by atoms with Crippen LogP contribution in [0.25, 0.3) is 0 Å². The first-order valence-electron chi connectivity index (χ1n) is 7.59. The minimum Gasteiger partial charge on any atom is -0.355 e. The average molecular weight is 316 g/mol. The predicted octanol–water partition coefficient (Wildman–Crippen LogP) is 4.03. The molecule has 2 rings (SSSR count). The number of carbonyl (C=O) groups is 1. The van der Waals surface area contributed by atoms with Gasteiger partial charge in [0.1, 0.15) is 0 Å². The van der Waals surface area contributed by atoms with Crippen LogP contribution in [0.5, 0.6) is 0 Å². The topological polar surface area (TPSA) is 29.1 Å². The molecular formula is C15H26BrNO. The summed E-state index contributed by atoms with van der Waals surface area (Å²) < 4.78 is 0. The van der Waals surface area contributed by atoms with Gasteiger partial charge in [-0.15, -0.1) is 0 Å². The van der Waals surface area contributed by atoms with Gasteiger partial charge in [0.05, 0.1) is 0 Å². The largest absolute Gasteiger partial charge is 0.355 e. The second-order valence-corrected chi connectivity index (χ2v) is 6.99. The standard InChI is InChI=1S/C15H26BrNO/c16-11-10-15(8-9-15)12-17-14(18)13-6-4-2-1-3-5-7-13/h13H,1-12H2,(H,17,18). The molecule has 0 bridgehead atoms. The Kier molecular flexibility index (Phi) is 5.53. The van der Waals surface area contributed by atoms with Gasteiger partial charge >= 0.3 is 0 Å². The normalized spacial score (nSPS) is 24.1. The summed E-state index contributed by atoms with van der Waals surface area (Å²) in [4.78, 5) is 12.2. The highest BCUT2D eigenvalue weighted by molar-refractivity contribution is 9.09. The molecule has 3 heteroatoms. The monoisotopic (exact) mass is 315 g/mol. The summed E-state index contributed by atoms with van der Waals surface area (Å²) in [7, 11) is 0. The summed E-state index contributed by atoms with van der Waals surface area (Å²) >= 11 is 3.52. The van der Waals surface area contributed by atoms with Gasteiger partial charge in [-0.25, -0.2) is 0 Å². The fourth-order valence-corrected chi connectivity index (χ4v) is 3.87. The molecular weight excluding hydrogens is 290 g/mol. The maximum Gasteiger partial charge on any atom is 0.223 e. The van der Waals surface area contributed by atoms with Crippen molar-refractivity contribution >= 4 is 21.8 Å². The van der Waals surface area contributed by atoms with Crippen LogP contribution in [0.1, 0.15) is 64.2 Å². The molecule has 0 radical (unpaired) electrons. The second-order valence-electron chi connectivity index (χ2n) is 6.20. The fourth-order valence-electron chi connectivity index (χ4n) is 3.03. The van der Waals surface area contributed by atoms with Crippen molar-refractivity contribution in [2.45, 2.75) is 64.2 Å². The van der Waals surface area contributed by atoms with Gasteiger partial charge in [0.2, 0.25) is 5.91 Å². The molecule has 2 fully saturated rings. The number of hydrogen-bond donors (Lipinski definition) is 1. The van der Waals surface area contributed by atoms with Crippen LogP contribution >= 0.6 is 15.9 Å². The van der Waals surface area contributed by atoms with Gasteiger partial charge < -0.3 is 5.32 Å². The highest BCUT2D eigenvalue weighted by atomic mass is 79.9. The van der Waals surface area contributed by atoms with E-state index in [1.54, 1.807) is 0 Å². The highest BCUT2D eigenvalue weighted by Gasteiger charge is 2.41. The van der Waals surface area contributed by atoms with Gasteiger partial charge in [0.15, 0.2) is 0 Å². The van der Waals surface area contributed by atoms with Crippen molar-refractivity contribution in [2.75, 3.05) is 11.9 Å². The van der Waals surface area contributed by atoms with Gasteiger partial charge in [0.25, 0.3) is 0 Å². The van der Waals surface area contributed by atoms with E-state index in [0.29, 0.717) is 17.2 Å². The molecule has 0 heterocycles. The maximum atomic E-state index is 12.2. The van der Waals surface area contributed by atoms with Gasteiger partial charge in [-0.2, -0.15) is 0 Å². The number of nitrogens with one attached hydrogen (secondary N) is 1. The molecule has 2 nitrogen and oxygen atoms in total. The molecule has 0 aromatic heterocycles. The van der Waals surface area contributed by atoms with E-state index >= 15 is 0 Å². The number of alkyl halides is 1. The minimum absolute atomic E-state index is 0.296. The quantitative estimate of drug-likeness (QED) is 0.762. The van der Waals surface area contributed by atoms with Crippen LogP contribution in [0.15, 0.2) is 0 Å².